The Bertz CT molecular complexity index is 956. The SMILES string of the molecule is COc1c(C(=O)NC2C[C@H]3CCC[C@@H](C2)N3C2CCCCCC2)cc(Br)c2ccccc12. The number of nitrogens with one attached hydrogen (secondary N) is 1. The van der Waals surface area contributed by atoms with Gasteiger partial charge in [-0.1, -0.05) is 72.3 Å². The number of fused-ring (bicyclic) bond motifs is 3. The molecular weight excluding hydrogens is 464 g/mol. The van der Waals surface area contributed by atoms with Crippen molar-refractivity contribution < 1.29 is 9.53 Å². The molecule has 0 spiro atoms. The summed E-state index contributed by atoms with van der Waals surface area (Å²) in [7, 11) is 1.65. The van der Waals surface area contributed by atoms with Crippen molar-refractivity contribution >= 4 is 32.6 Å². The number of nitrogens with zero attached hydrogens (tertiary/aromatic N) is 1. The van der Waals surface area contributed by atoms with Gasteiger partial charge in [-0.2, -0.15) is 0 Å². The quantitative estimate of drug-likeness (QED) is 0.492. The van der Waals surface area contributed by atoms with Crippen molar-refractivity contribution in [3.63, 3.8) is 0 Å². The van der Waals surface area contributed by atoms with E-state index in [1.807, 2.05) is 30.3 Å². The second kappa shape index (κ2) is 9.72. The van der Waals surface area contributed by atoms with Gasteiger partial charge in [0.05, 0.1) is 12.7 Å². The maximum atomic E-state index is 13.4. The summed E-state index contributed by atoms with van der Waals surface area (Å²) in [5.41, 5.74) is 0.620. The van der Waals surface area contributed by atoms with E-state index >= 15 is 0 Å². The van der Waals surface area contributed by atoms with Crippen LogP contribution in [0, 0.1) is 0 Å². The topological polar surface area (TPSA) is 41.6 Å². The monoisotopic (exact) mass is 498 g/mol. The highest BCUT2D eigenvalue weighted by Crippen LogP contribution is 2.39. The molecule has 3 fully saturated rings. The van der Waals surface area contributed by atoms with E-state index < -0.39 is 0 Å². The third-order valence-electron chi connectivity index (χ3n) is 8.01. The maximum absolute atomic E-state index is 13.4. The largest absolute Gasteiger partial charge is 0.495 e. The normalized spacial score (nSPS) is 27.1. The van der Waals surface area contributed by atoms with Crippen LogP contribution in [-0.4, -0.2) is 42.1 Å². The highest BCUT2D eigenvalue weighted by Gasteiger charge is 2.42. The minimum Gasteiger partial charge on any atom is -0.495 e. The smallest absolute Gasteiger partial charge is 0.255 e. The number of amides is 1. The lowest BCUT2D eigenvalue weighted by atomic mass is 9.79. The van der Waals surface area contributed by atoms with Crippen LogP contribution >= 0.6 is 15.9 Å². The second-order valence-electron chi connectivity index (χ2n) is 9.96. The molecule has 2 aliphatic heterocycles. The van der Waals surface area contributed by atoms with Crippen LogP contribution in [0.5, 0.6) is 5.75 Å². The molecule has 2 bridgehead atoms. The molecule has 2 heterocycles. The fraction of sp³-hybridized carbons (Fsp3) is 0.593. The molecule has 1 N–H and O–H groups in total. The molecule has 1 unspecified atom stereocenters. The van der Waals surface area contributed by atoms with Gasteiger partial charge < -0.3 is 10.1 Å². The number of carbonyl (C=O) groups is 1. The van der Waals surface area contributed by atoms with Crippen molar-refractivity contribution in [2.45, 2.75) is 94.8 Å². The highest BCUT2D eigenvalue weighted by molar-refractivity contribution is 9.10. The van der Waals surface area contributed by atoms with Gasteiger partial charge in [0.25, 0.3) is 5.91 Å². The number of methoxy groups -OCH3 is 1. The number of hydrogen-bond donors (Lipinski definition) is 1. The molecule has 32 heavy (non-hydrogen) atoms. The Morgan fingerprint density at radius 1 is 0.938 bits per heavy atom. The van der Waals surface area contributed by atoms with E-state index in [2.05, 4.69) is 26.1 Å². The molecule has 0 radical (unpaired) electrons. The highest BCUT2D eigenvalue weighted by atomic mass is 79.9. The fourth-order valence-corrected chi connectivity index (χ4v) is 7.22. The lowest BCUT2D eigenvalue weighted by Gasteiger charge is -2.52. The molecule has 1 amide bonds. The van der Waals surface area contributed by atoms with E-state index in [1.165, 1.54) is 57.8 Å². The Morgan fingerprint density at radius 3 is 2.22 bits per heavy atom. The van der Waals surface area contributed by atoms with Crippen LogP contribution in [0.25, 0.3) is 10.8 Å². The summed E-state index contributed by atoms with van der Waals surface area (Å²) >= 11 is 3.66. The van der Waals surface area contributed by atoms with Crippen LogP contribution in [0.2, 0.25) is 0 Å². The molecule has 4 nitrogen and oxygen atoms in total. The summed E-state index contributed by atoms with van der Waals surface area (Å²) in [5.74, 6) is 0.650. The Balaban J connectivity index is 1.34. The zero-order valence-electron chi connectivity index (χ0n) is 19.1. The molecule has 5 rings (SSSR count). The average molecular weight is 499 g/mol. The number of carbonyl (C=O) groups excluding carboxylic acids is 1. The zero-order valence-corrected chi connectivity index (χ0v) is 20.7. The zero-order chi connectivity index (χ0) is 22.1. The van der Waals surface area contributed by atoms with Gasteiger partial charge in [-0.3, -0.25) is 9.69 Å². The van der Waals surface area contributed by atoms with Gasteiger partial charge in [-0.05, 0) is 50.0 Å². The van der Waals surface area contributed by atoms with E-state index in [-0.39, 0.29) is 11.9 Å². The molecule has 5 heteroatoms. The first-order valence-electron chi connectivity index (χ1n) is 12.5. The first-order chi connectivity index (χ1) is 15.7. The van der Waals surface area contributed by atoms with E-state index in [9.17, 15) is 4.79 Å². The molecule has 2 aromatic carbocycles. The summed E-state index contributed by atoms with van der Waals surface area (Å²) in [6, 6.07) is 12.2. The van der Waals surface area contributed by atoms with Crippen LogP contribution in [0.4, 0.5) is 0 Å². The van der Waals surface area contributed by atoms with E-state index in [4.69, 9.17) is 4.74 Å². The standard InChI is InChI=1S/C27H35BrN2O2/c1-32-26-23-14-7-6-13-22(23)25(28)17-24(26)27(31)29-18-15-20-11-8-12-21(16-18)30(20)19-9-4-2-3-5-10-19/h6-7,13-14,17-21H,2-5,8-12,15-16H2,1H3,(H,29,31)/t18?,20-,21+. The van der Waals surface area contributed by atoms with Gasteiger partial charge in [0.15, 0.2) is 0 Å². The molecule has 0 aromatic heterocycles. The minimum atomic E-state index is -0.0145. The predicted octanol–water partition coefficient (Wildman–Crippen LogP) is 6.45. The molecule has 172 valence electrons. The third-order valence-corrected chi connectivity index (χ3v) is 8.66. The van der Waals surface area contributed by atoms with Gasteiger partial charge in [-0.25, -0.2) is 0 Å². The Morgan fingerprint density at radius 2 is 1.56 bits per heavy atom. The van der Waals surface area contributed by atoms with Crippen molar-refractivity contribution in [2.75, 3.05) is 7.11 Å². The molecular formula is C27H35BrN2O2. The second-order valence-corrected chi connectivity index (χ2v) is 10.8. The fourth-order valence-electron chi connectivity index (χ4n) is 6.64. The molecule has 1 aliphatic carbocycles. The number of piperidine rings is 2. The number of rotatable bonds is 4. The van der Waals surface area contributed by atoms with Crippen molar-refractivity contribution in [3.8, 4) is 5.75 Å². The van der Waals surface area contributed by atoms with Gasteiger partial charge in [-0.15, -0.1) is 0 Å². The molecule has 3 aliphatic rings. The molecule has 1 saturated carbocycles. The van der Waals surface area contributed by atoms with Crippen LogP contribution in [-0.2, 0) is 0 Å². The van der Waals surface area contributed by atoms with Crippen LogP contribution < -0.4 is 10.1 Å². The summed E-state index contributed by atoms with van der Waals surface area (Å²) in [4.78, 5) is 16.3. The first-order valence-corrected chi connectivity index (χ1v) is 13.3. The Labute approximate surface area is 200 Å². The van der Waals surface area contributed by atoms with E-state index in [0.29, 0.717) is 23.4 Å². The summed E-state index contributed by atoms with van der Waals surface area (Å²) in [6.45, 7) is 0. The average Bonchev–Trinajstić information content (AvgIpc) is 3.08. The lowest BCUT2D eigenvalue weighted by Crippen LogP contribution is -2.60. The van der Waals surface area contributed by atoms with E-state index in [1.54, 1.807) is 7.11 Å². The number of benzene rings is 2. The number of hydrogen-bond acceptors (Lipinski definition) is 3. The van der Waals surface area contributed by atoms with Gasteiger partial charge in [0, 0.05) is 34.0 Å². The van der Waals surface area contributed by atoms with Gasteiger partial charge >= 0.3 is 0 Å². The first kappa shape index (κ1) is 22.2. The van der Waals surface area contributed by atoms with Gasteiger partial charge in [0.2, 0.25) is 0 Å². The Kier molecular flexibility index (Phi) is 6.75. The summed E-state index contributed by atoms with van der Waals surface area (Å²) in [6.07, 6.45) is 14.4. The predicted molar refractivity (Wildman–Crippen MR) is 133 cm³/mol. The number of halogens is 1. The summed E-state index contributed by atoms with van der Waals surface area (Å²) < 4.78 is 6.65. The van der Waals surface area contributed by atoms with Gasteiger partial charge in [0.1, 0.15) is 5.75 Å². The van der Waals surface area contributed by atoms with Crippen LogP contribution in [0.1, 0.15) is 81.0 Å². The number of ether oxygens (including phenoxy) is 1. The van der Waals surface area contributed by atoms with E-state index in [0.717, 1.165) is 34.1 Å². The minimum absolute atomic E-state index is 0.0145. The molecule has 2 aromatic rings. The maximum Gasteiger partial charge on any atom is 0.255 e. The van der Waals surface area contributed by atoms with Crippen LogP contribution in [0.15, 0.2) is 34.8 Å². The summed E-state index contributed by atoms with van der Waals surface area (Å²) in [5, 5.41) is 5.43. The lowest BCUT2D eigenvalue weighted by molar-refractivity contribution is -0.0147. The van der Waals surface area contributed by atoms with Crippen molar-refractivity contribution in [1.29, 1.82) is 0 Å². The molecule has 3 atom stereocenters. The molecule has 2 saturated heterocycles. The van der Waals surface area contributed by atoms with Crippen molar-refractivity contribution in [1.82, 2.24) is 10.2 Å². The third kappa shape index (κ3) is 4.31. The Hall–Kier alpha value is -1.59. The van der Waals surface area contributed by atoms with Crippen LogP contribution in [0.3, 0.4) is 0 Å². The van der Waals surface area contributed by atoms with Crippen molar-refractivity contribution in [3.05, 3.63) is 40.4 Å². The van der Waals surface area contributed by atoms with Crippen molar-refractivity contribution in [2.24, 2.45) is 0 Å².